The molecule has 3 fully saturated rings. The van der Waals surface area contributed by atoms with Gasteiger partial charge in [0.2, 0.25) is 65.4 Å². The fourth-order valence-corrected chi connectivity index (χ4v) is 19.2. The summed E-state index contributed by atoms with van der Waals surface area (Å²) in [7, 11) is -16.8. The normalized spacial score (nSPS) is 20.1. The molecular weight excluding hydrogens is 1450 g/mol. The number of carbonyl (C=O) groups excluding carboxylic acids is 3. The Hall–Kier alpha value is -8.80. The number of nitrogens with zero attached hydrogens (tertiary/aromatic N) is 3. The van der Waals surface area contributed by atoms with Crippen molar-refractivity contribution in [1.29, 1.82) is 0 Å². The van der Waals surface area contributed by atoms with Gasteiger partial charge in [-0.1, -0.05) is 91.0 Å². The van der Waals surface area contributed by atoms with Crippen LogP contribution in [0.2, 0.25) is 0 Å². The van der Waals surface area contributed by atoms with E-state index in [2.05, 4.69) is 45.1 Å². The number of phosphoric ester groups is 1. The highest BCUT2D eigenvalue weighted by Crippen LogP contribution is 2.52. The van der Waals surface area contributed by atoms with Gasteiger partial charge >= 0.3 is 7.82 Å². The number of ether oxygens (including phenoxy) is 3. The number of aromatic nitrogens is 3. The third kappa shape index (κ3) is 20.5. The molecule has 107 heavy (non-hydrogen) atoms. The average Bonchev–Trinajstić information content (AvgIpc) is 0.806. The van der Waals surface area contributed by atoms with Crippen LogP contribution in [0.3, 0.4) is 0 Å². The predicted molar refractivity (Wildman–Crippen MR) is 404 cm³/mol. The number of carbonyl (C=O) groups is 3. The van der Waals surface area contributed by atoms with E-state index >= 15 is 4.57 Å². The van der Waals surface area contributed by atoms with E-state index in [0.29, 0.717) is 164 Å². The summed E-state index contributed by atoms with van der Waals surface area (Å²) in [5, 5.41) is 11.2. The summed E-state index contributed by atoms with van der Waals surface area (Å²) in [5.41, 5.74) is 3.53. The molecule has 3 atom stereocenters. The van der Waals surface area contributed by atoms with E-state index in [1.807, 2.05) is 20.8 Å². The molecule has 6 N–H and O–H groups in total. The Morgan fingerprint density at radius 3 is 0.888 bits per heavy atom. The maximum absolute atomic E-state index is 15.8. The third-order valence-corrected chi connectivity index (χ3v) is 25.7. The molecule has 3 heterocycles. The highest BCUT2D eigenvalue weighted by atomic mass is 32.2. The summed E-state index contributed by atoms with van der Waals surface area (Å²) in [6.45, 7) is 5.49. The zero-order valence-electron chi connectivity index (χ0n) is 59.8. The van der Waals surface area contributed by atoms with E-state index < -0.39 is 112 Å². The molecular formula is C78H90N9O16PS3. The van der Waals surface area contributed by atoms with Crippen LogP contribution in [0.4, 0.5) is 0 Å². The summed E-state index contributed by atoms with van der Waals surface area (Å²) in [6.07, 6.45) is 4.24. The molecule has 0 bridgehead atoms. The number of phosphoric acid groups is 1. The lowest BCUT2D eigenvalue weighted by Crippen LogP contribution is -2.42. The van der Waals surface area contributed by atoms with Gasteiger partial charge < -0.3 is 30.2 Å². The fourth-order valence-electron chi connectivity index (χ4n) is 13.9. The fraction of sp³-hybridized carbons (Fsp3) is 0.385. The Morgan fingerprint density at radius 1 is 0.374 bits per heavy atom. The number of fused-ring (bicyclic) bond motifs is 3. The monoisotopic (exact) mass is 1540 g/mol. The van der Waals surface area contributed by atoms with Crippen LogP contribution in [0, 0.1) is 17.8 Å². The Bertz CT molecular complexity index is 4490. The number of nitrogens with one attached hydrogen (secondary N) is 6. The minimum Gasteiger partial charge on any atom is -0.478 e. The van der Waals surface area contributed by atoms with E-state index in [0.717, 1.165) is 0 Å². The largest absolute Gasteiger partial charge is 0.478 e. The highest BCUT2D eigenvalue weighted by Gasteiger charge is 2.38. The van der Waals surface area contributed by atoms with Crippen LogP contribution in [0.1, 0.15) is 133 Å². The summed E-state index contributed by atoms with van der Waals surface area (Å²) >= 11 is 0. The van der Waals surface area contributed by atoms with Crippen molar-refractivity contribution in [3.8, 4) is 17.6 Å². The quantitative estimate of drug-likeness (QED) is 0.0208. The highest BCUT2D eigenvalue weighted by molar-refractivity contribution is 7.90. The molecule has 0 aliphatic heterocycles. The zero-order chi connectivity index (χ0) is 75.1. The molecule has 6 aromatic carbocycles. The number of sulfonamides is 3. The molecule has 12 rings (SSSR count). The average molecular weight is 1540 g/mol. The first-order chi connectivity index (χ1) is 51.6. The van der Waals surface area contributed by atoms with Gasteiger partial charge in [0.05, 0.1) is 89.0 Å². The topological polar surface area (TPSA) is 337 Å². The van der Waals surface area contributed by atoms with Crippen molar-refractivity contribution in [2.45, 2.75) is 149 Å². The van der Waals surface area contributed by atoms with Gasteiger partial charge in [-0.3, -0.25) is 28.0 Å². The van der Waals surface area contributed by atoms with Crippen LogP contribution in [0.15, 0.2) is 197 Å². The van der Waals surface area contributed by atoms with E-state index in [1.165, 1.54) is 18.2 Å². The van der Waals surface area contributed by atoms with Crippen LogP contribution in [0.5, 0.6) is 17.6 Å². The Kier molecular flexibility index (Phi) is 25.8. The molecule has 29 heteroatoms. The van der Waals surface area contributed by atoms with Gasteiger partial charge in [-0.2, -0.15) is 0 Å². The van der Waals surface area contributed by atoms with Gasteiger partial charge in [-0.25, -0.2) is 58.9 Å². The first-order valence-electron chi connectivity index (χ1n) is 36.4. The van der Waals surface area contributed by atoms with Crippen LogP contribution >= 0.6 is 7.82 Å². The molecule has 3 aliphatic rings. The third-order valence-electron chi connectivity index (χ3n) is 19.7. The van der Waals surface area contributed by atoms with Crippen molar-refractivity contribution in [2.24, 2.45) is 17.8 Å². The lowest BCUT2D eigenvalue weighted by atomic mass is 9.85. The van der Waals surface area contributed by atoms with Crippen LogP contribution in [-0.2, 0) is 62.6 Å². The summed E-state index contributed by atoms with van der Waals surface area (Å²) in [6, 6.07) is 47.1. The maximum atomic E-state index is 15.8. The minimum atomic E-state index is -4.86. The smallest absolute Gasteiger partial charge is 0.475 e. The zero-order valence-corrected chi connectivity index (χ0v) is 63.1. The predicted octanol–water partition coefficient (Wildman–Crippen LogP) is 12.2. The second-order valence-electron chi connectivity index (χ2n) is 27.1. The van der Waals surface area contributed by atoms with Crippen molar-refractivity contribution in [3.63, 3.8) is 0 Å². The molecule has 0 spiro atoms. The number of hydrogen-bond donors (Lipinski definition) is 6. The summed E-state index contributed by atoms with van der Waals surface area (Å²) in [4.78, 5) is 57.2. The molecule has 3 amide bonds. The van der Waals surface area contributed by atoms with Gasteiger partial charge in [0.15, 0.2) is 0 Å². The first kappa shape index (κ1) is 77.8. The number of hydrogen-bond acceptors (Lipinski definition) is 19. The Labute approximate surface area is 624 Å². The number of amides is 3. The lowest BCUT2D eigenvalue weighted by Gasteiger charge is -2.31. The van der Waals surface area contributed by atoms with Crippen LogP contribution in [-0.4, -0.2) is 116 Å². The van der Waals surface area contributed by atoms with Gasteiger partial charge in [-0.15, -0.1) is 0 Å². The molecule has 3 aliphatic carbocycles. The second-order valence-corrected chi connectivity index (χ2v) is 33.9. The van der Waals surface area contributed by atoms with Crippen molar-refractivity contribution in [2.75, 3.05) is 39.6 Å². The molecule has 3 saturated carbocycles. The Balaban J connectivity index is 0.732. The SMILES string of the molecule is CCOc1ccc2cc(S(=O)(=O)NC3CCC(C(=O)N[C@H](COP(=O)(OC[C@@H](NC(=O)C4CCC(NS(=O)(=O)c5ccc6nc(OCC)ccc6c5)CC4)c4ccccc4)OC[C@@H](NC(=O)C4CCC(NS(=O)(=O)c5ccc6nc(OCC)ccc6c5)CC4)c4ccccc4)c4ccccc4)CC3)ccc2n1. The number of benzene rings is 6. The Morgan fingerprint density at radius 2 is 0.636 bits per heavy atom. The maximum Gasteiger partial charge on any atom is 0.475 e. The van der Waals surface area contributed by atoms with E-state index in [1.54, 1.807) is 164 Å². The standard InChI is InChI=1S/C78H90N9O16PS3/c1-4-98-73-43-28-58-46-64(37-40-67(58)79-73)105(92,93)85-61-31-22-55(23-32-61)76(88)82-70(52-16-10-7-11-17-52)49-101-104(91,102-50-71(53-18-12-8-13-19-53)83-77(89)56-24-33-62(34-25-56)86-106(94,95)65-38-41-68-59(47-65)29-44-74(80-68)99-5-2)103-51-72(54-20-14-9-15-21-54)84-78(90)57-26-35-63(36-27-57)87-107(96,97)66-39-42-69-60(48-66)30-45-75(81-69)100-6-3/h7-21,28-30,37-48,55-57,61-63,70-72,85-87H,4-6,22-27,31-36,49-51H2,1-3H3,(H,82,88)(H,83,89)(H,84,90)/t55?,56?,57?,61?,62?,63?,70-,71-,72-,104?/m1/s1. The van der Waals surface area contributed by atoms with Gasteiger partial charge in [0.25, 0.3) is 0 Å². The van der Waals surface area contributed by atoms with Gasteiger partial charge in [0.1, 0.15) is 0 Å². The first-order valence-corrected chi connectivity index (χ1v) is 42.3. The van der Waals surface area contributed by atoms with Gasteiger partial charge in [-0.05, 0) is 187 Å². The molecule has 9 aromatic rings. The summed E-state index contributed by atoms with van der Waals surface area (Å²) < 4.78 is 143. The molecule has 3 aromatic heterocycles. The van der Waals surface area contributed by atoms with Crippen LogP contribution in [0.25, 0.3) is 32.7 Å². The van der Waals surface area contributed by atoms with Crippen molar-refractivity contribution in [1.82, 2.24) is 45.1 Å². The molecule has 0 unspecified atom stereocenters. The molecule has 0 radical (unpaired) electrons. The minimum absolute atomic E-state index is 0.0805. The lowest BCUT2D eigenvalue weighted by molar-refractivity contribution is -0.127. The van der Waals surface area contributed by atoms with Gasteiger partial charge in [0, 0.05) is 70.2 Å². The van der Waals surface area contributed by atoms with E-state index in [4.69, 9.17) is 27.8 Å². The van der Waals surface area contributed by atoms with Crippen molar-refractivity contribution >= 4 is 88.3 Å². The number of pyridine rings is 3. The number of rotatable bonds is 33. The van der Waals surface area contributed by atoms with Crippen LogP contribution < -0.4 is 44.3 Å². The second kappa shape index (κ2) is 35.5. The molecule has 25 nitrogen and oxygen atoms in total. The van der Waals surface area contributed by atoms with E-state index in [9.17, 15) is 39.6 Å². The molecule has 566 valence electrons. The van der Waals surface area contributed by atoms with E-state index in [-0.39, 0.29) is 32.4 Å². The molecule has 0 saturated heterocycles. The van der Waals surface area contributed by atoms with Crippen molar-refractivity contribution < 1.29 is 72.0 Å². The summed E-state index contributed by atoms with van der Waals surface area (Å²) in [5.74, 6) is -1.33. The van der Waals surface area contributed by atoms with Crippen molar-refractivity contribution in [3.05, 3.63) is 199 Å².